The Kier molecular flexibility index (Phi) is 8.13. The van der Waals surface area contributed by atoms with Crippen LogP contribution in [0.5, 0.6) is 11.5 Å². The number of aryl methyl sites for hydroxylation is 1. The molecule has 9 nitrogen and oxygen atoms in total. The molecule has 194 valence electrons. The zero-order valence-corrected chi connectivity index (χ0v) is 22.6. The number of anilines is 2. The molecule has 1 saturated heterocycles. The maximum atomic E-state index is 13.1. The summed E-state index contributed by atoms with van der Waals surface area (Å²) in [4.78, 5) is 51.1. The topological polar surface area (TPSA) is 114 Å². The van der Waals surface area contributed by atoms with Crippen LogP contribution in [0.1, 0.15) is 11.1 Å². The van der Waals surface area contributed by atoms with E-state index in [0.717, 1.165) is 14.9 Å². The highest BCUT2D eigenvalue weighted by Gasteiger charge is 2.36. The average molecular weight is 599 g/mol. The lowest BCUT2D eigenvalue weighted by molar-refractivity contribution is -0.122. The van der Waals surface area contributed by atoms with Gasteiger partial charge < -0.3 is 14.8 Å². The SMILES string of the molecule is COc1cc(/C=C2\C(=O)NC(=O)N(c3ccc(Br)cc3)C2=O)ccc1OCC(=O)Nc1ccc(C)c(Cl)c1. The number of benzene rings is 3. The number of carbonyl (C=O) groups excluding carboxylic acids is 4. The number of rotatable bonds is 7. The van der Waals surface area contributed by atoms with E-state index in [1.165, 1.54) is 13.2 Å². The van der Waals surface area contributed by atoms with Crippen LogP contribution in [0.2, 0.25) is 5.02 Å². The molecule has 0 aliphatic carbocycles. The molecule has 0 aromatic heterocycles. The van der Waals surface area contributed by atoms with E-state index in [1.807, 2.05) is 6.92 Å². The molecule has 1 aliphatic rings. The van der Waals surface area contributed by atoms with Crippen LogP contribution < -0.4 is 25.0 Å². The number of hydrogen-bond acceptors (Lipinski definition) is 6. The summed E-state index contributed by atoms with van der Waals surface area (Å²) < 4.78 is 11.7. The third kappa shape index (κ3) is 6.04. The molecule has 1 heterocycles. The molecule has 0 bridgehead atoms. The van der Waals surface area contributed by atoms with Gasteiger partial charge in [0.2, 0.25) is 0 Å². The van der Waals surface area contributed by atoms with Crippen molar-refractivity contribution in [2.24, 2.45) is 0 Å². The average Bonchev–Trinajstić information content (AvgIpc) is 2.88. The largest absolute Gasteiger partial charge is 0.493 e. The number of urea groups is 1. The van der Waals surface area contributed by atoms with Crippen LogP contribution in [0.25, 0.3) is 6.08 Å². The predicted octanol–water partition coefficient (Wildman–Crippen LogP) is 5.10. The second-order valence-corrected chi connectivity index (χ2v) is 9.47. The summed E-state index contributed by atoms with van der Waals surface area (Å²) >= 11 is 9.40. The van der Waals surface area contributed by atoms with Crippen molar-refractivity contribution in [2.45, 2.75) is 6.92 Å². The van der Waals surface area contributed by atoms with E-state index in [-0.39, 0.29) is 23.7 Å². The number of amides is 5. The minimum absolute atomic E-state index is 0.237. The van der Waals surface area contributed by atoms with Crippen molar-refractivity contribution < 1.29 is 28.7 Å². The van der Waals surface area contributed by atoms with Gasteiger partial charge in [0.15, 0.2) is 18.1 Å². The highest BCUT2D eigenvalue weighted by molar-refractivity contribution is 9.10. The fourth-order valence-electron chi connectivity index (χ4n) is 3.55. The number of halogens is 2. The fraction of sp³-hybridized carbons (Fsp3) is 0.111. The summed E-state index contributed by atoms with van der Waals surface area (Å²) in [5.41, 5.74) is 1.94. The standard InChI is InChI=1S/C27H21BrClN3O6/c1-15-3-7-18(13-21(15)29)30-24(33)14-38-22-10-4-16(12-23(22)37-2)11-20-25(34)31-27(36)32(26(20)35)19-8-5-17(28)6-9-19/h3-13H,14H2,1-2H3,(H,30,33)(H,31,34,36)/b20-11+. The number of methoxy groups -OCH3 is 1. The van der Waals surface area contributed by atoms with Crippen LogP contribution in [0.4, 0.5) is 16.2 Å². The predicted molar refractivity (Wildman–Crippen MR) is 146 cm³/mol. The molecule has 0 spiro atoms. The molecule has 5 amide bonds. The molecule has 3 aromatic rings. The third-order valence-electron chi connectivity index (χ3n) is 5.50. The summed E-state index contributed by atoms with van der Waals surface area (Å²) in [5, 5.41) is 5.41. The lowest BCUT2D eigenvalue weighted by Gasteiger charge is -2.26. The van der Waals surface area contributed by atoms with Crippen LogP contribution in [0.3, 0.4) is 0 Å². The first-order valence-corrected chi connectivity index (χ1v) is 12.4. The van der Waals surface area contributed by atoms with E-state index in [1.54, 1.807) is 60.7 Å². The lowest BCUT2D eigenvalue weighted by Crippen LogP contribution is -2.54. The van der Waals surface area contributed by atoms with Gasteiger partial charge in [-0.1, -0.05) is 39.7 Å². The van der Waals surface area contributed by atoms with Gasteiger partial charge in [0.05, 0.1) is 12.8 Å². The molecule has 0 unspecified atom stereocenters. The second-order valence-electron chi connectivity index (χ2n) is 8.15. The highest BCUT2D eigenvalue weighted by Crippen LogP contribution is 2.30. The van der Waals surface area contributed by atoms with Crippen molar-refractivity contribution in [2.75, 3.05) is 23.9 Å². The van der Waals surface area contributed by atoms with Gasteiger partial charge in [0, 0.05) is 15.2 Å². The van der Waals surface area contributed by atoms with E-state index in [2.05, 4.69) is 26.6 Å². The normalized spacial score (nSPS) is 14.4. The number of carbonyl (C=O) groups is 4. The summed E-state index contributed by atoms with van der Waals surface area (Å²) in [7, 11) is 1.42. The molecule has 2 N–H and O–H groups in total. The summed E-state index contributed by atoms with van der Waals surface area (Å²) in [6.45, 7) is 1.56. The molecule has 1 aliphatic heterocycles. The Morgan fingerprint density at radius 2 is 1.79 bits per heavy atom. The van der Waals surface area contributed by atoms with Crippen LogP contribution in [-0.2, 0) is 14.4 Å². The Labute approximate surface area is 231 Å². The van der Waals surface area contributed by atoms with Crippen molar-refractivity contribution in [1.82, 2.24) is 5.32 Å². The summed E-state index contributed by atoms with van der Waals surface area (Å²) in [6.07, 6.45) is 1.34. The van der Waals surface area contributed by atoms with Crippen LogP contribution in [0, 0.1) is 6.92 Å². The minimum Gasteiger partial charge on any atom is -0.493 e. The zero-order valence-electron chi connectivity index (χ0n) is 20.2. The Morgan fingerprint density at radius 1 is 1.05 bits per heavy atom. The maximum Gasteiger partial charge on any atom is 0.335 e. The van der Waals surface area contributed by atoms with Crippen LogP contribution >= 0.6 is 27.5 Å². The number of ether oxygens (including phenoxy) is 2. The van der Waals surface area contributed by atoms with Crippen molar-refractivity contribution in [3.8, 4) is 11.5 Å². The lowest BCUT2D eigenvalue weighted by atomic mass is 10.1. The molecule has 3 aromatic carbocycles. The monoisotopic (exact) mass is 597 g/mol. The molecule has 0 radical (unpaired) electrons. The van der Waals surface area contributed by atoms with Gasteiger partial charge in [-0.2, -0.15) is 0 Å². The Hall–Kier alpha value is -4.15. The quantitative estimate of drug-likeness (QED) is 0.289. The minimum atomic E-state index is -0.841. The number of barbiturate groups is 1. The van der Waals surface area contributed by atoms with Crippen LogP contribution in [-0.4, -0.2) is 37.5 Å². The molecule has 38 heavy (non-hydrogen) atoms. The van der Waals surface area contributed by atoms with E-state index >= 15 is 0 Å². The number of hydrogen-bond donors (Lipinski definition) is 2. The Balaban J connectivity index is 1.50. The van der Waals surface area contributed by atoms with Gasteiger partial charge >= 0.3 is 6.03 Å². The molecule has 1 fully saturated rings. The first-order valence-electron chi connectivity index (χ1n) is 11.2. The van der Waals surface area contributed by atoms with Crippen molar-refractivity contribution in [3.05, 3.63) is 86.9 Å². The van der Waals surface area contributed by atoms with Gasteiger partial charge in [0.25, 0.3) is 17.7 Å². The van der Waals surface area contributed by atoms with Crippen molar-refractivity contribution in [3.63, 3.8) is 0 Å². The van der Waals surface area contributed by atoms with E-state index in [0.29, 0.717) is 22.0 Å². The van der Waals surface area contributed by atoms with Gasteiger partial charge in [-0.05, 0) is 72.7 Å². The molecular weight excluding hydrogens is 578 g/mol. The van der Waals surface area contributed by atoms with Crippen molar-refractivity contribution >= 4 is 68.7 Å². The zero-order chi connectivity index (χ0) is 27.4. The molecular formula is C27H21BrClN3O6. The van der Waals surface area contributed by atoms with E-state index in [4.69, 9.17) is 21.1 Å². The first-order chi connectivity index (χ1) is 18.2. The fourth-order valence-corrected chi connectivity index (χ4v) is 4.00. The molecule has 4 rings (SSSR count). The molecule has 0 saturated carbocycles. The number of nitrogens with zero attached hydrogens (tertiary/aromatic N) is 1. The van der Waals surface area contributed by atoms with E-state index in [9.17, 15) is 19.2 Å². The van der Waals surface area contributed by atoms with E-state index < -0.39 is 23.8 Å². The number of nitrogens with one attached hydrogen (secondary N) is 2. The third-order valence-corrected chi connectivity index (χ3v) is 6.44. The number of imide groups is 2. The Bertz CT molecular complexity index is 1470. The highest BCUT2D eigenvalue weighted by atomic mass is 79.9. The van der Waals surface area contributed by atoms with Gasteiger partial charge in [0.1, 0.15) is 5.57 Å². The van der Waals surface area contributed by atoms with Crippen molar-refractivity contribution in [1.29, 1.82) is 0 Å². The van der Waals surface area contributed by atoms with Gasteiger partial charge in [-0.3, -0.25) is 19.7 Å². The van der Waals surface area contributed by atoms with Crippen LogP contribution in [0.15, 0.2) is 70.7 Å². The second kappa shape index (κ2) is 11.5. The first kappa shape index (κ1) is 26.9. The Morgan fingerprint density at radius 3 is 2.47 bits per heavy atom. The maximum absolute atomic E-state index is 13.1. The molecule has 0 atom stereocenters. The summed E-state index contributed by atoms with van der Waals surface area (Å²) in [6, 6.07) is 15.5. The smallest absolute Gasteiger partial charge is 0.335 e. The van der Waals surface area contributed by atoms with Gasteiger partial charge in [-0.15, -0.1) is 0 Å². The molecule has 11 heteroatoms. The summed E-state index contributed by atoms with van der Waals surface area (Å²) in [5.74, 6) is -1.44. The van der Waals surface area contributed by atoms with Gasteiger partial charge in [-0.25, -0.2) is 9.69 Å².